The van der Waals surface area contributed by atoms with E-state index in [1.165, 1.54) is 6.07 Å². The summed E-state index contributed by atoms with van der Waals surface area (Å²) in [6.07, 6.45) is -4.46. The predicted molar refractivity (Wildman–Crippen MR) is 87.9 cm³/mol. The molecule has 0 aliphatic carbocycles. The molecule has 0 saturated heterocycles. The van der Waals surface area contributed by atoms with Crippen molar-refractivity contribution in [1.29, 1.82) is 0 Å². The Kier molecular flexibility index (Phi) is 5.33. The summed E-state index contributed by atoms with van der Waals surface area (Å²) in [5.41, 5.74) is -0.0583. The van der Waals surface area contributed by atoms with E-state index < -0.39 is 17.6 Å². The highest BCUT2D eigenvalue weighted by Gasteiger charge is 2.31. The zero-order valence-electron chi connectivity index (χ0n) is 11.0. The van der Waals surface area contributed by atoms with Crippen molar-refractivity contribution >= 4 is 45.8 Å². The maximum Gasteiger partial charge on any atom is 0.416 e. The normalized spacial score (nSPS) is 11.3. The summed E-state index contributed by atoms with van der Waals surface area (Å²) in [4.78, 5) is 12.0. The van der Waals surface area contributed by atoms with Crippen LogP contribution < -0.4 is 5.32 Å². The van der Waals surface area contributed by atoms with Crippen molar-refractivity contribution in [2.75, 3.05) is 5.32 Å². The fraction of sp³-hybridized carbons (Fsp3) is 0.133. The molecule has 0 radical (unpaired) electrons. The van der Waals surface area contributed by atoms with E-state index in [0.29, 0.717) is 14.2 Å². The van der Waals surface area contributed by atoms with Gasteiger partial charge in [-0.3, -0.25) is 4.79 Å². The molecule has 0 atom stereocenters. The van der Waals surface area contributed by atoms with Gasteiger partial charge in [0, 0.05) is 8.59 Å². The summed E-state index contributed by atoms with van der Waals surface area (Å²) in [6.45, 7) is 0. The van der Waals surface area contributed by atoms with Crippen LogP contribution in [-0.2, 0) is 17.4 Å². The third-order valence-corrected chi connectivity index (χ3v) is 4.19. The number of amides is 1. The van der Waals surface area contributed by atoms with Gasteiger partial charge in [-0.1, -0.05) is 29.8 Å². The van der Waals surface area contributed by atoms with Crippen LogP contribution in [0.1, 0.15) is 11.1 Å². The van der Waals surface area contributed by atoms with Crippen LogP contribution in [-0.4, -0.2) is 5.91 Å². The van der Waals surface area contributed by atoms with Crippen LogP contribution in [0.15, 0.2) is 42.5 Å². The van der Waals surface area contributed by atoms with Crippen LogP contribution in [0.2, 0.25) is 5.02 Å². The molecule has 0 fully saturated rings. The highest BCUT2D eigenvalue weighted by Crippen LogP contribution is 2.32. The van der Waals surface area contributed by atoms with Crippen LogP contribution in [0.4, 0.5) is 18.9 Å². The van der Waals surface area contributed by atoms with Gasteiger partial charge >= 0.3 is 6.18 Å². The Morgan fingerprint density at radius 1 is 1.18 bits per heavy atom. The second-order valence-corrected chi connectivity index (χ2v) is 6.08. The lowest BCUT2D eigenvalue weighted by Gasteiger charge is -2.12. The maximum absolute atomic E-state index is 12.7. The van der Waals surface area contributed by atoms with Gasteiger partial charge in [0.25, 0.3) is 0 Å². The molecule has 0 spiro atoms. The van der Waals surface area contributed by atoms with E-state index in [1.54, 1.807) is 24.3 Å². The van der Waals surface area contributed by atoms with Crippen molar-refractivity contribution in [2.24, 2.45) is 0 Å². The first kappa shape index (κ1) is 17.1. The number of benzene rings is 2. The molecule has 0 unspecified atom stereocenters. The molecule has 0 saturated carbocycles. The predicted octanol–water partition coefficient (Wildman–Crippen LogP) is 5.14. The number of halogens is 5. The molecule has 116 valence electrons. The van der Waals surface area contributed by atoms with E-state index in [4.69, 9.17) is 11.6 Å². The summed E-state index contributed by atoms with van der Waals surface area (Å²) in [7, 11) is 0. The smallest absolute Gasteiger partial charge is 0.325 e. The minimum Gasteiger partial charge on any atom is -0.325 e. The van der Waals surface area contributed by atoms with Crippen molar-refractivity contribution in [1.82, 2.24) is 0 Å². The van der Waals surface area contributed by atoms with Crippen molar-refractivity contribution in [3.8, 4) is 0 Å². The Balaban J connectivity index is 2.17. The van der Waals surface area contributed by atoms with E-state index in [2.05, 4.69) is 5.32 Å². The monoisotopic (exact) mass is 439 g/mol. The lowest BCUT2D eigenvalue weighted by Crippen LogP contribution is -2.16. The fourth-order valence-electron chi connectivity index (χ4n) is 1.81. The SMILES string of the molecule is O=C(Cc1ccccc1Cl)Nc1cc(C(F)(F)F)ccc1I. The lowest BCUT2D eigenvalue weighted by molar-refractivity contribution is -0.137. The van der Waals surface area contributed by atoms with E-state index in [9.17, 15) is 18.0 Å². The molecule has 0 bridgehead atoms. The average molecular weight is 440 g/mol. The van der Waals surface area contributed by atoms with Crippen molar-refractivity contribution in [2.45, 2.75) is 12.6 Å². The molecule has 0 aromatic heterocycles. The molecular weight excluding hydrogens is 430 g/mol. The molecule has 0 aliphatic heterocycles. The maximum atomic E-state index is 12.7. The molecule has 2 aromatic rings. The van der Waals surface area contributed by atoms with Crippen molar-refractivity contribution in [3.05, 3.63) is 62.2 Å². The minimum absolute atomic E-state index is 0.00794. The summed E-state index contributed by atoms with van der Waals surface area (Å²) in [6, 6.07) is 10.0. The Labute approximate surface area is 143 Å². The first-order valence-corrected chi connectivity index (χ1v) is 7.63. The van der Waals surface area contributed by atoms with Crippen LogP contribution in [0.5, 0.6) is 0 Å². The summed E-state index contributed by atoms with van der Waals surface area (Å²) in [5, 5.41) is 2.93. The highest BCUT2D eigenvalue weighted by atomic mass is 127. The fourth-order valence-corrected chi connectivity index (χ4v) is 2.48. The number of carbonyl (C=O) groups excluding carboxylic acids is 1. The largest absolute Gasteiger partial charge is 0.416 e. The average Bonchev–Trinajstić information content (AvgIpc) is 2.42. The first-order chi connectivity index (χ1) is 10.3. The van der Waals surface area contributed by atoms with Gasteiger partial charge in [-0.15, -0.1) is 0 Å². The van der Waals surface area contributed by atoms with Gasteiger partial charge in [0.2, 0.25) is 5.91 Å². The molecule has 22 heavy (non-hydrogen) atoms. The molecule has 1 N–H and O–H groups in total. The number of nitrogens with one attached hydrogen (secondary N) is 1. The van der Waals surface area contributed by atoms with Crippen LogP contribution >= 0.6 is 34.2 Å². The zero-order valence-corrected chi connectivity index (χ0v) is 14.0. The van der Waals surface area contributed by atoms with Crippen LogP contribution in [0.3, 0.4) is 0 Å². The summed E-state index contributed by atoms with van der Waals surface area (Å²) < 4.78 is 38.6. The third kappa shape index (κ3) is 4.36. The quantitative estimate of drug-likeness (QED) is 0.659. The van der Waals surface area contributed by atoms with Gasteiger partial charge < -0.3 is 5.32 Å². The standard InChI is InChI=1S/C15H10ClF3INO/c16-11-4-2-1-3-9(11)7-14(22)21-13-8-10(15(17,18)19)5-6-12(13)20/h1-6,8H,7H2,(H,21,22). The molecule has 2 nitrogen and oxygen atoms in total. The van der Waals surface area contributed by atoms with Crippen LogP contribution in [0.25, 0.3) is 0 Å². The van der Waals surface area contributed by atoms with Crippen molar-refractivity contribution in [3.63, 3.8) is 0 Å². The zero-order chi connectivity index (χ0) is 16.3. The Morgan fingerprint density at radius 2 is 1.86 bits per heavy atom. The Bertz CT molecular complexity index is 703. The van der Waals surface area contributed by atoms with Crippen LogP contribution in [0, 0.1) is 3.57 Å². The van der Waals surface area contributed by atoms with E-state index >= 15 is 0 Å². The minimum atomic E-state index is -4.45. The number of hydrogen-bond donors (Lipinski definition) is 1. The van der Waals surface area contributed by atoms with Gasteiger partial charge in [-0.05, 0) is 52.4 Å². The molecule has 1 amide bonds. The summed E-state index contributed by atoms with van der Waals surface area (Å²) in [5.74, 6) is -0.426. The van der Waals surface area contributed by atoms with E-state index in [1.807, 2.05) is 22.6 Å². The first-order valence-electron chi connectivity index (χ1n) is 6.17. The van der Waals surface area contributed by atoms with Gasteiger partial charge in [-0.2, -0.15) is 13.2 Å². The highest BCUT2D eigenvalue weighted by molar-refractivity contribution is 14.1. The second-order valence-electron chi connectivity index (χ2n) is 4.51. The van der Waals surface area contributed by atoms with Crippen molar-refractivity contribution < 1.29 is 18.0 Å². The summed E-state index contributed by atoms with van der Waals surface area (Å²) >= 11 is 7.83. The second kappa shape index (κ2) is 6.87. The number of rotatable bonds is 3. The number of hydrogen-bond acceptors (Lipinski definition) is 1. The Hall–Kier alpha value is -1.28. The molecule has 0 aliphatic rings. The number of carbonyl (C=O) groups is 1. The topological polar surface area (TPSA) is 29.1 Å². The van der Waals surface area contributed by atoms with E-state index in [0.717, 1.165) is 12.1 Å². The molecule has 7 heteroatoms. The van der Waals surface area contributed by atoms with Gasteiger partial charge in [0.1, 0.15) is 0 Å². The number of alkyl halides is 3. The molecule has 2 aromatic carbocycles. The van der Waals surface area contributed by atoms with Gasteiger partial charge in [-0.25, -0.2) is 0 Å². The Morgan fingerprint density at radius 3 is 2.50 bits per heavy atom. The third-order valence-electron chi connectivity index (χ3n) is 2.88. The molecule has 0 heterocycles. The lowest BCUT2D eigenvalue weighted by atomic mass is 10.1. The van der Waals surface area contributed by atoms with E-state index in [-0.39, 0.29) is 12.1 Å². The van der Waals surface area contributed by atoms with Gasteiger partial charge in [0.05, 0.1) is 17.7 Å². The van der Waals surface area contributed by atoms with Gasteiger partial charge in [0.15, 0.2) is 0 Å². The molecular formula is C15H10ClF3INO. The molecule has 2 rings (SSSR count). The number of anilines is 1.